The minimum Gasteiger partial charge on any atom is -0.466 e. The summed E-state index contributed by atoms with van der Waals surface area (Å²) in [6.45, 7) is 2.37. The number of hydrogen-bond donors (Lipinski definition) is 1. The van der Waals surface area contributed by atoms with Crippen molar-refractivity contribution in [1.82, 2.24) is 4.98 Å². The molecule has 1 aromatic heterocycles. The van der Waals surface area contributed by atoms with E-state index in [2.05, 4.69) is 4.98 Å². The van der Waals surface area contributed by atoms with E-state index < -0.39 is 0 Å². The van der Waals surface area contributed by atoms with E-state index in [-0.39, 0.29) is 18.9 Å². The zero-order chi connectivity index (χ0) is 9.68. The number of ether oxygens (including phenoxy) is 1. The van der Waals surface area contributed by atoms with Crippen LogP contribution in [0.1, 0.15) is 18.5 Å². The maximum absolute atomic E-state index is 11.0. The molecular formula is C8H12N2O3. The van der Waals surface area contributed by atoms with E-state index in [9.17, 15) is 4.79 Å². The summed E-state index contributed by atoms with van der Waals surface area (Å²) in [7, 11) is 0. The standard InChI is InChI=1S/C8H12N2O3/c1-2-12-8(11)3-6-5-13-7(4-9)10-6/h5H,2-4,9H2,1H3. The molecular weight excluding hydrogens is 172 g/mol. The van der Waals surface area contributed by atoms with Gasteiger partial charge in [-0.1, -0.05) is 0 Å². The highest BCUT2D eigenvalue weighted by atomic mass is 16.5. The highest BCUT2D eigenvalue weighted by Crippen LogP contribution is 2.02. The molecule has 5 nitrogen and oxygen atoms in total. The Bertz CT molecular complexity index is 283. The van der Waals surface area contributed by atoms with Gasteiger partial charge in [0.15, 0.2) is 0 Å². The maximum atomic E-state index is 11.0. The molecule has 0 aliphatic heterocycles. The zero-order valence-corrected chi connectivity index (χ0v) is 7.45. The van der Waals surface area contributed by atoms with Gasteiger partial charge in [-0.05, 0) is 6.92 Å². The van der Waals surface area contributed by atoms with E-state index in [1.165, 1.54) is 6.26 Å². The van der Waals surface area contributed by atoms with E-state index in [1.54, 1.807) is 6.92 Å². The van der Waals surface area contributed by atoms with Crippen LogP contribution in [0.25, 0.3) is 0 Å². The monoisotopic (exact) mass is 184 g/mol. The Kier molecular flexibility index (Phi) is 3.45. The van der Waals surface area contributed by atoms with Gasteiger partial charge in [0.25, 0.3) is 0 Å². The van der Waals surface area contributed by atoms with Crippen LogP contribution in [-0.2, 0) is 22.5 Å². The molecule has 0 aromatic carbocycles. The second kappa shape index (κ2) is 4.61. The fourth-order valence-corrected chi connectivity index (χ4v) is 0.884. The number of esters is 1. The lowest BCUT2D eigenvalue weighted by atomic mass is 10.3. The third kappa shape index (κ3) is 2.87. The van der Waals surface area contributed by atoms with Crippen molar-refractivity contribution in [1.29, 1.82) is 0 Å². The van der Waals surface area contributed by atoms with Gasteiger partial charge >= 0.3 is 5.97 Å². The first-order valence-electron chi connectivity index (χ1n) is 4.05. The zero-order valence-electron chi connectivity index (χ0n) is 7.45. The molecule has 1 heterocycles. The van der Waals surface area contributed by atoms with Crippen LogP contribution in [0.5, 0.6) is 0 Å². The summed E-state index contributed by atoms with van der Waals surface area (Å²) < 4.78 is 9.69. The fourth-order valence-electron chi connectivity index (χ4n) is 0.884. The van der Waals surface area contributed by atoms with Crippen molar-refractivity contribution in [2.45, 2.75) is 19.9 Å². The molecule has 0 spiro atoms. The number of nitrogens with two attached hydrogens (primary N) is 1. The van der Waals surface area contributed by atoms with E-state index in [4.69, 9.17) is 14.9 Å². The van der Waals surface area contributed by atoms with Gasteiger partial charge in [0, 0.05) is 0 Å². The third-order valence-corrected chi connectivity index (χ3v) is 1.40. The van der Waals surface area contributed by atoms with Crippen molar-refractivity contribution in [2.24, 2.45) is 5.73 Å². The SMILES string of the molecule is CCOC(=O)Cc1coc(CN)n1. The Labute approximate surface area is 75.9 Å². The van der Waals surface area contributed by atoms with Crippen molar-refractivity contribution < 1.29 is 13.9 Å². The van der Waals surface area contributed by atoms with Crippen molar-refractivity contribution in [2.75, 3.05) is 6.61 Å². The molecule has 0 aliphatic rings. The fraction of sp³-hybridized carbons (Fsp3) is 0.500. The number of rotatable bonds is 4. The second-order valence-corrected chi connectivity index (χ2v) is 2.42. The average Bonchev–Trinajstić information content (AvgIpc) is 2.52. The molecule has 0 radical (unpaired) electrons. The predicted octanol–water partition coefficient (Wildman–Crippen LogP) is 0.239. The number of oxazole rings is 1. The van der Waals surface area contributed by atoms with E-state index >= 15 is 0 Å². The van der Waals surface area contributed by atoms with Gasteiger partial charge in [0.2, 0.25) is 5.89 Å². The van der Waals surface area contributed by atoms with Crippen molar-refractivity contribution in [3.05, 3.63) is 17.8 Å². The predicted molar refractivity (Wildman–Crippen MR) is 44.7 cm³/mol. The summed E-state index contributed by atoms with van der Waals surface area (Å²) in [6.07, 6.45) is 1.55. The molecule has 2 N–H and O–H groups in total. The van der Waals surface area contributed by atoms with Crippen LogP contribution in [0.4, 0.5) is 0 Å². The lowest BCUT2D eigenvalue weighted by molar-refractivity contribution is -0.142. The Morgan fingerprint density at radius 3 is 3.08 bits per heavy atom. The van der Waals surface area contributed by atoms with Crippen LogP contribution >= 0.6 is 0 Å². The number of nitrogens with zero attached hydrogens (tertiary/aromatic N) is 1. The quantitative estimate of drug-likeness (QED) is 0.678. The highest BCUT2D eigenvalue weighted by molar-refractivity contribution is 5.71. The van der Waals surface area contributed by atoms with E-state index in [0.29, 0.717) is 18.2 Å². The maximum Gasteiger partial charge on any atom is 0.311 e. The summed E-state index contributed by atoms with van der Waals surface area (Å²) >= 11 is 0. The Balaban J connectivity index is 2.49. The van der Waals surface area contributed by atoms with Gasteiger partial charge in [0.05, 0.1) is 25.3 Å². The number of carbonyl (C=O) groups excluding carboxylic acids is 1. The summed E-state index contributed by atoms with van der Waals surface area (Å²) in [5.74, 6) is 0.124. The molecule has 0 aliphatic carbocycles. The molecule has 0 unspecified atom stereocenters. The molecule has 5 heteroatoms. The summed E-state index contributed by atoms with van der Waals surface area (Å²) in [6, 6.07) is 0. The molecule has 0 bridgehead atoms. The van der Waals surface area contributed by atoms with Crippen LogP contribution in [0.2, 0.25) is 0 Å². The van der Waals surface area contributed by atoms with E-state index in [0.717, 1.165) is 0 Å². The van der Waals surface area contributed by atoms with Crippen LogP contribution in [0, 0.1) is 0 Å². The lowest BCUT2D eigenvalue weighted by Gasteiger charge is -1.96. The Hall–Kier alpha value is -1.36. The normalized spacial score (nSPS) is 10.0. The Morgan fingerprint density at radius 2 is 2.54 bits per heavy atom. The Morgan fingerprint density at radius 1 is 1.77 bits per heavy atom. The van der Waals surface area contributed by atoms with Crippen LogP contribution in [0.3, 0.4) is 0 Å². The smallest absolute Gasteiger partial charge is 0.311 e. The number of carbonyl (C=O) groups is 1. The molecule has 0 fully saturated rings. The molecule has 1 rings (SSSR count). The largest absolute Gasteiger partial charge is 0.466 e. The van der Waals surface area contributed by atoms with Crippen LogP contribution < -0.4 is 5.73 Å². The third-order valence-electron chi connectivity index (χ3n) is 1.40. The number of hydrogen-bond acceptors (Lipinski definition) is 5. The molecule has 13 heavy (non-hydrogen) atoms. The van der Waals surface area contributed by atoms with Gasteiger partial charge in [-0.25, -0.2) is 4.98 Å². The van der Waals surface area contributed by atoms with Crippen molar-refractivity contribution in [3.63, 3.8) is 0 Å². The topological polar surface area (TPSA) is 78.3 Å². The summed E-state index contributed by atoms with van der Waals surface area (Å²) in [5, 5.41) is 0. The van der Waals surface area contributed by atoms with Crippen LogP contribution in [-0.4, -0.2) is 17.6 Å². The minimum atomic E-state index is -0.306. The van der Waals surface area contributed by atoms with Gasteiger partial charge in [-0.3, -0.25) is 4.79 Å². The van der Waals surface area contributed by atoms with Gasteiger partial charge < -0.3 is 14.9 Å². The lowest BCUT2D eigenvalue weighted by Crippen LogP contribution is -2.08. The van der Waals surface area contributed by atoms with Gasteiger partial charge in [0.1, 0.15) is 6.26 Å². The minimum absolute atomic E-state index is 0.136. The molecule has 1 aromatic rings. The molecule has 0 saturated heterocycles. The summed E-state index contributed by atoms with van der Waals surface area (Å²) in [4.78, 5) is 14.9. The highest BCUT2D eigenvalue weighted by Gasteiger charge is 2.08. The average molecular weight is 184 g/mol. The van der Waals surface area contributed by atoms with Crippen LogP contribution in [0.15, 0.2) is 10.7 Å². The first-order chi connectivity index (χ1) is 6.26. The molecule has 0 saturated carbocycles. The van der Waals surface area contributed by atoms with Crippen molar-refractivity contribution in [3.8, 4) is 0 Å². The molecule has 0 amide bonds. The van der Waals surface area contributed by atoms with Gasteiger partial charge in [-0.15, -0.1) is 0 Å². The van der Waals surface area contributed by atoms with Gasteiger partial charge in [-0.2, -0.15) is 0 Å². The first-order valence-corrected chi connectivity index (χ1v) is 4.05. The van der Waals surface area contributed by atoms with Crippen molar-refractivity contribution >= 4 is 5.97 Å². The number of aromatic nitrogens is 1. The van der Waals surface area contributed by atoms with E-state index in [1.807, 2.05) is 0 Å². The molecule has 0 atom stereocenters. The summed E-state index contributed by atoms with van der Waals surface area (Å²) in [5.41, 5.74) is 5.83. The second-order valence-electron chi connectivity index (χ2n) is 2.42. The first kappa shape index (κ1) is 9.73. The molecule has 72 valence electrons.